The smallest absolute Gasteiger partial charge is 0.223 e. The summed E-state index contributed by atoms with van der Waals surface area (Å²) < 4.78 is 11.1. The van der Waals surface area contributed by atoms with E-state index in [1.165, 1.54) is 40.0 Å². The van der Waals surface area contributed by atoms with Crippen molar-refractivity contribution in [3.8, 4) is 11.5 Å². The molecule has 0 spiro atoms. The third-order valence-electron chi connectivity index (χ3n) is 6.99. The average molecular weight is 424 g/mol. The lowest BCUT2D eigenvalue weighted by molar-refractivity contribution is -0.945. The fraction of sp³-hybridized carbons (Fsp3) is 0.500. The maximum atomic E-state index is 12.8. The van der Waals surface area contributed by atoms with Gasteiger partial charge in [-0.1, -0.05) is 42.7 Å². The monoisotopic (exact) mass is 423 g/mol. The molecule has 166 valence electrons. The van der Waals surface area contributed by atoms with Crippen LogP contribution in [0, 0.1) is 12.8 Å². The lowest BCUT2D eigenvalue weighted by Crippen LogP contribution is -3.12. The Labute approximate surface area is 185 Å². The van der Waals surface area contributed by atoms with E-state index >= 15 is 0 Å². The van der Waals surface area contributed by atoms with Crippen LogP contribution in [-0.2, 0) is 17.8 Å². The van der Waals surface area contributed by atoms with Gasteiger partial charge in [0.15, 0.2) is 11.5 Å². The summed E-state index contributed by atoms with van der Waals surface area (Å²) >= 11 is 0. The molecule has 1 amide bonds. The molecule has 1 unspecified atom stereocenters. The van der Waals surface area contributed by atoms with Crippen molar-refractivity contribution < 1.29 is 19.2 Å². The molecule has 0 aromatic heterocycles. The summed E-state index contributed by atoms with van der Waals surface area (Å²) in [5, 5.41) is 3.29. The molecule has 1 aliphatic carbocycles. The van der Waals surface area contributed by atoms with Crippen LogP contribution >= 0.6 is 0 Å². The Bertz CT molecular complexity index is 904. The second kappa shape index (κ2) is 9.73. The number of benzene rings is 2. The van der Waals surface area contributed by atoms with Crippen LogP contribution in [0.1, 0.15) is 54.0 Å². The summed E-state index contributed by atoms with van der Waals surface area (Å²) in [6.07, 6.45) is 5.39. The van der Waals surface area contributed by atoms with E-state index in [-0.39, 0.29) is 17.9 Å². The normalized spacial score (nSPS) is 20.9. The maximum Gasteiger partial charge on any atom is 0.223 e. The first-order valence-electron chi connectivity index (χ1n) is 11.5. The van der Waals surface area contributed by atoms with Gasteiger partial charge in [0.2, 0.25) is 5.91 Å². The number of ether oxygens (including phenoxy) is 2. The number of carbonyl (C=O) groups excluding carboxylic acids is 1. The number of nitrogens with one attached hydrogen (secondary N) is 2. The largest absolute Gasteiger partial charge is 0.493 e. The minimum Gasteiger partial charge on any atom is -0.493 e. The second-order valence-corrected chi connectivity index (χ2v) is 9.01. The maximum absolute atomic E-state index is 12.8. The van der Waals surface area contributed by atoms with Crippen LogP contribution in [0.3, 0.4) is 0 Å². The summed E-state index contributed by atoms with van der Waals surface area (Å²) in [6.45, 7) is 4.74. The SMILES string of the molecule is COc1cc2c(cc1OC)[C@H](CNC(=O)C1CCCC1)[NH+](Cc1ccc(C)cc1)CC2. The van der Waals surface area contributed by atoms with E-state index in [1.807, 2.05) is 0 Å². The molecule has 5 heteroatoms. The van der Waals surface area contributed by atoms with Gasteiger partial charge in [-0.25, -0.2) is 0 Å². The Morgan fingerprint density at radius 1 is 1.06 bits per heavy atom. The van der Waals surface area contributed by atoms with Gasteiger partial charge in [0.1, 0.15) is 12.6 Å². The van der Waals surface area contributed by atoms with Gasteiger partial charge in [0.05, 0.1) is 27.3 Å². The van der Waals surface area contributed by atoms with Crippen molar-refractivity contribution in [2.45, 2.75) is 51.6 Å². The average Bonchev–Trinajstić information content (AvgIpc) is 3.33. The highest BCUT2D eigenvalue weighted by molar-refractivity contribution is 5.78. The van der Waals surface area contributed by atoms with Crippen molar-refractivity contribution in [2.75, 3.05) is 27.3 Å². The van der Waals surface area contributed by atoms with Gasteiger partial charge in [-0.3, -0.25) is 4.79 Å². The first-order valence-corrected chi connectivity index (χ1v) is 11.5. The van der Waals surface area contributed by atoms with Crippen LogP contribution in [0.2, 0.25) is 0 Å². The van der Waals surface area contributed by atoms with Crippen molar-refractivity contribution >= 4 is 5.91 Å². The van der Waals surface area contributed by atoms with Crippen molar-refractivity contribution in [3.63, 3.8) is 0 Å². The molecule has 1 aliphatic heterocycles. The highest BCUT2D eigenvalue weighted by Gasteiger charge is 2.33. The zero-order valence-corrected chi connectivity index (χ0v) is 19.0. The summed E-state index contributed by atoms with van der Waals surface area (Å²) in [6, 6.07) is 13.2. The lowest BCUT2D eigenvalue weighted by atomic mass is 9.91. The van der Waals surface area contributed by atoms with Gasteiger partial charge in [0, 0.05) is 23.5 Å². The predicted octanol–water partition coefficient (Wildman–Crippen LogP) is 3.00. The summed E-state index contributed by atoms with van der Waals surface area (Å²) in [4.78, 5) is 14.2. The molecule has 1 fully saturated rings. The number of rotatable bonds is 7. The van der Waals surface area contributed by atoms with Crippen molar-refractivity contribution in [1.82, 2.24) is 5.32 Å². The number of hydrogen-bond donors (Lipinski definition) is 2. The summed E-state index contributed by atoms with van der Waals surface area (Å²) in [5.41, 5.74) is 5.17. The Morgan fingerprint density at radius 2 is 1.74 bits per heavy atom. The molecular formula is C26H35N2O3+. The Balaban J connectivity index is 1.59. The van der Waals surface area contributed by atoms with Gasteiger partial charge in [0.25, 0.3) is 0 Å². The number of methoxy groups -OCH3 is 2. The van der Waals surface area contributed by atoms with Gasteiger partial charge >= 0.3 is 0 Å². The summed E-state index contributed by atoms with van der Waals surface area (Å²) in [5.74, 6) is 1.94. The van der Waals surface area contributed by atoms with Crippen LogP contribution in [0.4, 0.5) is 0 Å². The van der Waals surface area contributed by atoms with Crippen LogP contribution < -0.4 is 19.7 Å². The second-order valence-electron chi connectivity index (χ2n) is 9.01. The minimum absolute atomic E-state index is 0.189. The molecule has 2 aromatic carbocycles. The van der Waals surface area contributed by atoms with Crippen molar-refractivity contribution in [2.24, 2.45) is 5.92 Å². The molecule has 5 nitrogen and oxygen atoms in total. The zero-order chi connectivity index (χ0) is 21.8. The molecular weight excluding hydrogens is 388 g/mol. The van der Waals surface area contributed by atoms with E-state index in [0.29, 0.717) is 6.54 Å². The molecule has 0 saturated heterocycles. The van der Waals surface area contributed by atoms with E-state index in [0.717, 1.165) is 43.9 Å². The molecule has 4 rings (SSSR count). The number of aryl methyl sites for hydroxylation is 1. The molecule has 2 atom stereocenters. The molecule has 2 aliphatic rings. The van der Waals surface area contributed by atoms with Gasteiger partial charge in [-0.15, -0.1) is 0 Å². The van der Waals surface area contributed by atoms with Gasteiger partial charge in [-0.05, 0) is 37.5 Å². The highest BCUT2D eigenvalue weighted by atomic mass is 16.5. The molecule has 1 saturated carbocycles. The fourth-order valence-corrected chi connectivity index (χ4v) is 5.14. The number of fused-ring (bicyclic) bond motifs is 1. The Morgan fingerprint density at radius 3 is 2.42 bits per heavy atom. The van der Waals surface area contributed by atoms with E-state index in [2.05, 4.69) is 48.6 Å². The Kier molecular flexibility index (Phi) is 6.81. The number of quaternary nitrogens is 1. The lowest BCUT2D eigenvalue weighted by Gasteiger charge is -2.35. The third-order valence-corrected chi connectivity index (χ3v) is 6.99. The van der Waals surface area contributed by atoms with Gasteiger partial charge < -0.3 is 19.7 Å². The molecule has 31 heavy (non-hydrogen) atoms. The zero-order valence-electron chi connectivity index (χ0n) is 19.0. The predicted molar refractivity (Wildman–Crippen MR) is 122 cm³/mol. The summed E-state index contributed by atoms with van der Waals surface area (Å²) in [7, 11) is 3.36. The Hall–Kier alpha value is -2.53. The van der Waals surface area contributed by atoms with Crippen molar-refractivity contribution in [3.05, 3.63) is 58.7 Å². The van der Waals surface area contributed by atoms with E-state index in [1.54, 1.807) is 14.2 Å². The number of amides is 1. The molecule has 0 radical (unpaired) electrons. The molecule has 2 N–H and O–H groups in total. The van der Waals surface area contributed by atoms with Crippen LogP contribution in [0.25, 0.3) is 0 Å². The van der Waals surface area contributed by atoms with Crippen molar-refractivity contribution in [1.29, 1.82) is 0 Å². The highest BCUT2D eigenvalue weighted by Crippen LogP contribution is 2.34. The van der Waals surface area contributed by atoms with Crippen LogP contribution in [0.15, 0.2) is 36.4 Å². The van der Waals surface area contributed by atoms with E-state index in [4.69, 9.17) is 9.47 Å². The minimum atomic E-state index is 0.189. The fourth-order valence-electron chi connectivity index (χ4n) is 5.14. The third kappa shape index (κ3) is 4.87. The number of hydrogen-bond acceptors (Lipinski definition) is 3. The van der Waals surface area contributed by atoms with E-state index in [9.17, 15) is 4.79 Å². The molecule has 2 aromatic rings. The van der Waals surface area contributed by atoms with E-state index < -0.39 is 0 Å². The van der Waals surface area contributed by atoms with Crippen LogP contribution in [0.5, 0.6) is 11.5 Å². The van der Waals surface area contributed by atoms with Crippen LogP contribution in [-0.4, -0.2) is 33.2 Å². The first kappa shape index (κ1) is 21.7. The number of carbonyl (C=O) groups is 1. The standard InChI is InChI=1S/C26H34N2O3/c1-18-8-10-19(11-9-18)17-28-13-12-21-14-24(30-2)25(31-3)15-22(21)23(28)16-27-26(29)20-6-4-5-7-20/h8-11,14-15,20,23H,4-7,12-13,16-17H2,1-3H3,(H,27,29)/p+1/t23-/m0/s1. The molecule has 0 bridgehead atoms. The topological polar surface area (TPSA) is 52.0 Å². The molecule has 1 heterocycles. The first-order chi connectivity index (χ1) is 15.1. The van der Waals surface area contributed by atoms with Gasteiger partial charge in [-0.2, -0.15) is 0 Å². The quantitative estimate of drug-likeness (QED) is 0.720.